The molecule has 1 aromatic carbocycles. The quantitative estimate of drug-likeness (QED) is 0.529. The Morgan fingerprint density at radius 1 is 1.27 bits per heavy atom. The van der Waals surface area contributed by atoms with Crippen LogP contribution in [-0.4, -0.2) is 5.78 Å². The van der Waals surface area contributed by atoms with Gasteiger partial charge in [0.05, 0.1) is 0 Å². The summed E-state index contributed by atoms with van der Waals surface area (Å²) in [6.07, 6.45) is 5.80. The van der Waals surface area contributed by atoms with E-state index in [0.29, 0.717) is 6.42 Å². The molecule has 0 heterocycles. The third-order valence-corrected chi connectivity index (χ3v) is 2.06. The minimum atomic E-state index is 0.0296. The summed E-state index contributed by atoms with van der Waals surface area (Å²) in [6.45, 7) is 6.17. The van der Waals surface area contributed by atoms with E-state index in [1.54, 1.807) is 24.3 Å². The van der Waals surface area contributed by atoms with Crippen molar-refractivity contribution in [3.63, 3.8) is 0 Å². The maximum absolute atomic E-state index is 11.8. The van der Waals surface area contributed by atoms with Gasteiger partial charge >= 0.3 is 0 Å². The fourth-order valence-electron chi connectivity index (χ4n) is 1.34. The predicted molar refractivity (Wildman–Crippen MR) is 62.8 cm³/mol. The van der Waals surface area contributed by atoms with Gasteiger partial charge in [0.25, 0.3) is 0 Å². The molecule has 78 valence electrons. The number of terminal acetylenes is 1. The molecular weight excluding hydrogens is 184 g/mol. The Kier molecular flexibility index (Phi) is 3.31. The van der Waals surface area contributed by atoms with Crippen molar-refractivity contribution >= 4 is 5.78 Å². The molecule has 0 aliphatic carbocycles. The molecule has 0 N–H and O–H groups in total. The Morgan fingerprint density at radius 3 is 2.20 bits per heavy atom. The van der Waals surface area contributed by atoms with E-state index in [0.717, 1.165) is 11.1 Å². The van der Waals surface area contributed by atoms with Crippen LogP contribution in [0.5, 0.6) is 0 Å². The van der Waals surface area contributed by atoms with E-state index in [4.69, 9.17) is 6.42 Å². The van der Waals surface area contributed by atoms with Crippen LogP contribution in [0.25, 0.3) is 0 Å². The number of rotatable bonds is 2. The summed E-state index contributed by atoms with van der Waals surface area (Å²) in [6, 6.07) is 7.19. The highest BCUT2D eigenvalue weighted by Gasteiger charge is 2.16. The molecule has 0 aromatic heterocycles. The summed E-state index contributed by atoms with van der Waals surface area (Å²) in [5.41, 5.74) is 1.58. The van der Waals surface area contributed by atoms with Gasteiger partial charge in [-0.25, -0.2) is 0 Å². The van der Waals surface area contributed by atoms with Gasteiger partial charge in [-0.2, -0.15) is 0 Å². The third kappa shape index (κ3) is 3.59. The van der Waals surface area contributed by atoms with E-state index in [-0.39, 0.29) is 11.2 Å². The summed E-state index contributed by atoms with van der Waals surface area (Å²) in [5.74, 6) is 2.70. The average Bonchev–Trinajstić information content (AvgIpc) is 2.15. The molecule has 0 radical (unpaired) electrons. The molecule has 0 spiro atoms. The van der Waals surface area contributed by atoms with Gasteiger partial charge in [0, 0.05) is 17.5 Å². The number of carbonyl (C=O) groups excluding carboxylic acids is 1. The van der Waals surface area contributed by atoms with Crippen LogP contribution in [0.2, 0.25) is 0 Å². The number of Topliss-reactive ketones (excluding diaryl/α,β-unsaturated/α-hetero) is 1. The molecule has 0 saturated carbocycles. The smallest absolute Gasteiger partial charge is 0.163 e. The van der Waals surface area contributed by atoms with Crippen molar-refractivity contribution in [3.8, 4) is 12.3 Å². The van der Waals surface area contributed by atoms with Crippen LogP contribution >= 0.6 is 0 Å². The summed E-state index contributed by atoms with van der Waals surface area (Å²) in [7, 11) is 0. The molecule has 15 heavy (non-hydrogen) atoms. The van der Waals surface area contributed by atoms with Gasteiger partial charge in [-0.05, 0) is 17.5 Å². The summed E-state index contributed by atoms with van der Waals surface area (Å²) in [4.78, 5) is 11.8. The molecule has 1 aromatic rings. The lowest BCUT2D eigenvalue weighted by atomic mass is 9.88. The first kappa shape index (κ1) is 11.5. The highest BCUT2D eigenvalue weighted by atomic mass is 16.1. The molecule has 0 fully saturated rings. The molecule has 0 aliphatic rings. The second-order valence-electron chi connectivity index (χ2n) is 4.88. The molecule has 0 bridgehead atoms. The molecule has 0 unspecified atom stereocenters. The first-order valence-corrected chi connectivity index (χ1v) is 5.02. The largest absolute Gasteiger partial charge is 0.294 e. The van der Waals surface area contributed by atoms with Crippen molar-refractivity contribution < 1.29 is 4.79 Å². The number of hydrogen-bond acceptors (Lipinski definition) is 1. The maximum atomic E-state index is 11.8. The van der Waals surface area contributed by atoms with E-state index >= 15 is 0 Å². The van der Waals surface area contributed by atoms with Crippen molar-refractivity contribution in [3.05, 3.63) is 35.4 Å². The van der Waals surface area contributed by atoms with Crippen LogP contribution in [0, 0.1) is 17.8 Å². The predicted octanol–water partition coefficient (Wildman–Crippen LogP) is 3.29. The number of carbonyl (C=O) groups is 1. The number of hydrogen-bond donors (Lipinski definition) is 0. The molecule has 1 nitrogen and oxygen atoms in total. The van der Waals surface area contributed by atoms with Crippen molar-refractivity contribution in [1.82, 2.24) is 0 Å². The Hall–Kier alpha value is -1.55. The monoisotopic (exact) mass is 200 g/mol. The van der Waals surface area contributed by atoms with Crippen LogP contribution in [0.15, 0.2) is 24.3 Å². The third-order valence-electron chi connectivity index (χ3n) is 2.06. The molecule has 0 atom stereocenters. The average molecular weight is 200 g/mol. The Morgan fingerprint density at radius 2 is 1.80 bits per heavy atom. The lowest BCUT2D eigenvalue weighted by molar-refractivity contribution is 0.0940. The second kappa shape index (κ2) is 4.31. The van der Waals surface area contributed by atoms with Crippen LogP contribution in [0.1, 0.15) is 43.1 Å². The van der Waals surface area contributed by atoms with Gasteiger partial charge in [0.15, 0.2) is 5.78 Å². The summed E-state index contributed by atoms with van der Waals surface area (Å²) < 4.78 is 0. The highest BCUT2D eigenvalue weighted by Crippen LogP contribution is 2.21. The van der Waals surface area contributed by atoms with Crippen molar-refractivity contribution in [2.75, 3.05) is 0 Å². The minimum Gasteiger partial charge on any atom is -0.294 e. The van der Waals surface area contributed by atoms with E-state index in [2.05, 4.69) is 26.7 Å². The maximum Gasteiger partial charge on any atom is 0.163 e. The van der Waals surface area contributed by atoms with Crippen molar-refractivity contribution in [2.24, 2.45) is 5.41 Å². The highest BCUT2D eigenvalue weighted by molar-refractivity contribution is 5.96. The van der Waals surface area contributed by atoms with Gasteiger partial charge in [-0.1, -0.05) is 38.8 Å². The van der Waals surface area contributed by atoms with Crippen LogP contribution in [0.4, 0.5) is 0 Å². The minimum absolute atomic E-state index is 0.0296. The summed E-state index contributed by atoms with van der Waals surface area (Å²) in [5, 5.41) is 0. The zero-order valence-corrected chi connectivity index (χ0v) is 9.50. The molecule has 0 saturated heterocycles. The first-order valence-electron chi connectivity index (χ1n) is 5.02. The Balaban J connectivity index is 2.80. The fraction of sp³-hybridized carbons (Fsp3) is 0.357. The van der Waals surface area contributed by atoms with Gasteiger partial charge < -0.3 is 0 Å². The Labute approximate surface area is 91.5 Å². The van der Waals surface area contributed by atoms with E-state index < -0.39 is 0 Å². The molecule has 0 aliphatic heterocycles. The topological polar surface area (TPSA) is 17.1 Å². The molecule has 1 rings (SSSR count). The fourth-order valence-corrected chi connectivity index (χ4v) is 1.34. The van der Waals surface area contributed by atoms with Gasteiger partial charge in [-0.15, -0.1) is 6.42 Å². The normalized spacial score (nSPS) is 10.8. The zero-order chi connectivity index (χ0) is 11.5. The Bertz CT molecular complexity index is 385. The number of ketones is 1. The summed E-state index contributed by atoms with van der Waals surface area (Å²) >= 11 is 0. The SMILES string of the molecule is C#Cc1ccc(C(=O)CC(C)(C)C)cc1. The van der Waals surface area contributed by atoms with Crippen LogP contribution in [0.3, 0.4) is 0 Å². The van der Waals surface area contributed by atoms with Crippen molar-refractivity contribution in [1.29, 1.82) is 0 Å². The molecular formula is C14H16O. The second-order valence-corrected chi connectivity index (χ2v) is 4.88. The first-order chi connectivity index (χ1) is 6.92. The molecule has 0 amide bonds. The van der Waals surface area contributed by atoms with E-state index in [1.165, 1.54) is 0 Å². The lowest BCUT2D eigenvalue weighted by Gasteiger charge is -2.16. The van der Waals surface area contributed by atoms with Gasteiger partial charge in [0.1, 0.15) is 0 Å². The van der Waals surface area contributed by atoms with E-state index in [1.807, 2.05) is 0 Å². The number of benzene rings is 1. The lowest BCUT2D eigenvalue weighted by Crippen LogP contribution is -2.12. The van der Waals surface area contributed by atoms with Gasteiger partial charge in [-0.3, -0.25) is 4.79 Å². The van der Waals surface area contributed by atoms with Crippen LogP contribution < -0.4 is 0 Å². The van der Waals surface area contributed by atoms with Crippen LogP contribution in [-0.2, 0) is 0 Å². The standard InChI is InChI=1S/C14H16O/c1-5-11-6-8-12(9-7-11)13(15)10-14(2,3)4/h1,6-9H,10H2,2-4H3. The van der Waals surface area contributed by atoms with Crippen molar-refractivity contribution in [2.45, 2.75) is 27.2 Å². The van der Waals surface area contributed by atoms with Gasteiger partial charge in [0.2, 0.25) is 0 Å². The van der Waals surface area contributed by atoms with E-state index in [9.17, 15) is 4.79 Å². The zero-order valence-electron chi connectivity index (χ0n) is 9.50. The molecule has 1 heteroatoms.